The first kappa shape index (κ1) is 44.2. The Morgan fingerprint density at radius 2 is 0.500 bits per heavy atom. The van der Waals surface area contributed by atoms with Crippen molar-refractivity contribution in [3.05, 3.63) is 75.9 Å². The van der Waals surface area contributed by atoms with Crippen LogP contribution >= 0.6 is 0 Å². The van der Waals surface area contributed by atoms with Gasteiger partial charge in [-0.25, -0.2) is 0 Å². The lowest BCUT2D eigenvalue weighted by Gasteiger charge is -1.81. The zero-order valence-corrected chi connectivity index (χ0v) is 23.6. The minimum Gasteiger partial charge on any atom is -0.103 e. The Hall–Kier alpha value is -1.56. The van der Waals surface area contributed by atoms with Crippen LogP contribution in [0.25, 0.3) is 0 Å². The summed E-state index contributed by atoms with van der Waals surface area (Å²) in [4.78, 5) is 0. The Balaban J connectivity index is -0.0000000639. The first-order chi connectivity index (χ1) is 15.5. The summed E-state index contributed by atoms with van der Waals surface area (Å²) >= 11 is 0. The minimum atomic E-state index is 1.08. The highest BCUT2D eigenvalue weighted by molar-refractivity contribution is 4.65. The van der Waals surface area contributed by atoms with Gasteiger partial charge in [0.2, 0.25) is 0 Å². The Morgan fingerprint density at radius 3 is 0.531 bits per heavy atom. The molecular formula is C32H64. The van der Waals surface area contributed by atoms with Crippen molar-refractivity contribution < 1.29 is 0 Å². The van der Waals surface area contributed by atoms with Crippen molar-refractivity contribution in [2.24, 2.45) is 0 Å². The van der Waals surface area contributed by atoms with Gasteiger partial charge in [-0.2, -0.15) is 0 Å². The summed E-state index contributed by atoms with van der Waals surface area (Å²) in [6, 6.07) is 0. The molecule has 0 aliphatic heterocycles. The van der Waals surface area contributed by atoms with Gasteiger partial charge in [-0.05, 0) is 38.5 Å². The van der Waals surface area contributed by atoms with E-state index in [4.69, 9.17) is 0 Å². The fourth-order valence-corrected chi connectivity index (χ4v) is 1.39. The molecule has 0 bridgehead atoms. The van der Waals surface area contributed by atoms with Crippen LogP contribution in [-0.2, 0) is 0 Å². The Kier molecular flexibility index (Phi) is 96.7. The van der Waals surface area contributed by atoms with E-state index in [1.807, 2.05) is 36.5 Å². The van der Waals surface area contributed by atoms with Crippen molar-refractivity contribution in [3.63, 3.8) is 0 Å². The first-order valence-corrected chi connectivity index (χ1v) is 13.1. The standard InChI is InChI=1S/4C6H12.2C4H8/c4*1-3-5-6-4-2;2*1-3-4-2/h4*3H,1,4-6H2,2H3;2*3H,1,4H2,2H3. The van der Waals surface area contributed by atoms with E-state index >= 15 is 0 Å². The van der Waals surface area contributed by atoms with Crippen LogP contribution in [0.1, 0.15) is 131 Å². The fourth-order valence-electron chi connectivity index (χ4n) is 1.39. The molecule has 0 aliphatic carbocycles. The van der Waals surface area contributed by atoms with Crippen molar-refractivity contribution in [1.29, 1.82) is 0 Å². The quantitative estimate of drug-likeness (QED) is 0.183. The van der Waals surface area contributed by atoms with Crippen LogP contribution < -0.4 is 0 Å². The van der Waals surface area contributed by atoms with Crippen molar-refractivity contribution in [1.82, 2.24) is 0 Å². The summed E-state index contributed by atoms with van der Waals surface area (Å²) < 4.78 is 0. The number of allylic oxidation sites excluding steroid dienone is 6. The van der Waals surface area contributed by atoms with Gasteiger partial charge in [-0.3, -0.25) is 0 Å². The van der Waals surface area contributed by atoms with E-state index in [1.54, 1.807) is 0 Å². The lowest BCUT2D eigenvalue weighted by atomic mass is 10.3. The first-order valence-electron chi connectivity index (χ1n) is 13.1. The molecule has 0 spiro atoms. The highest BCUT2D eigenvalue weighted by Gasteiger charge is 1.73. The molecule has 0 aliphatic rings. The van der Waals surface area contributed by atoms with E-state index in [0.29, 0.717) is 0 Å². The third-order valence-corrected chi connectivity index (χ3v) is 3.62. The predicted octanol–water partition coefficient (Wildman–Crippen LogP) is 12.6. The zero-order chi connectivity index (χ0) is 26.1. The maximum absolute atomic E-state index is 3.60. The highest BCUT2D eigenvalue weighted by Crippen LogP contribution is 1.93. The van der Waals surface area contributed by atoms with Crippen LogP contribution in [0.15, 0.2) is 75.9 Å². The molecule has 0 heterocycles. The van der Waals surface area contributed by atoms with Gasteiger partial charge in [0.05, 0.1) is 0 Å². The summed E-state index contributed by atoms with van der Waals surface area (Å²) in [5.41, 5.74) is 0. The van der Waals surface area contributed by atoms with Crippen LogP contribution in [0, 0.1) is 0 Å². The van der Waals surface area contributed by atoms with Gasteiger partial charge in [0.1, 0.15) is 0 Å². The van der Waals surface area contributed by atoms with E-state index in [2.05, 4.69) is 81.0 Å². The largest absolute Gasteiger partial charge is 0.103 e. The van der Waals surface area contributed by atoms with Crippen molar-refractivity contribution in [3.8, 4) is 0 Å². The molecule has 0 amide bonds. The average molecular weight is 449 g/mol. The van der Waals surface area contributed by atoms with Gasteiger partial charge in [0.15, 0.2) is 0 Å². The number of unbranched alkanes of at least 4 members (excludes halogenated alkanes) is 8. The molecule has 0 saturated carbocycles. The molecule has 0 aromatic heterocycles. The van der Waals surface area contributed by atoms with E-state index in [-0.39, 0.29) is 0 Å². The molecule has 0 nitrogen and oxygen atoms in total. The number of hydrogen-bond acceptors (Lipinski definition) is 0. The van der Waals surface area contributed by atoms with Gasteiger partial charge < -0.3 is 0 Å². The van der Waals surface area contributed by atoms with Crippen LogP contribution in [0.3, 0.4) is 0 Å². The molecule has 0 radical (unpaired) electrons. The van der Waals surface area contributed by atoms with Crippen LogP contribution in [0.2, 0.25) is 0 Å². The third kappa shape index (κ3) is 138. The lowest BCUT2D eigenvalue weighted by Crippen LogP contribution is -1.61. The van der Waals surface area contributed by atoms with Gasteiger partial charge in [-0.1, -0.05) is 129 Å². The summed E-state index contributed by atoms with van der Waals surface area (Å²) in [5, 5.41) is 0. The second-order valence-electron chi connectivity index (χ2n) is 7.12. The normalized spacial score (nSPS) is 7.69. The molecule has 0 heteroatoms. The third-order valence-electron chi connectivity index (χ3n) is 3.62. The van der Waals surface area contributed by atoms with Gasteiger partial charge >= 0.3 is 0 Å². The van der Waals surface area contributed by atoms with E-state index < -0.39 is 0 Å². The second-order valence-corrected chi connectivity index (χ2v) is 7.12. The van der Waals surface area contributed by atoms with Gasteiger partial charge in [0, 0.05) is 0 Å². The molecule has 32 heavy (non-hydrogen) atoms. The van der Waals surface area contributed by atoms with Crippen molar-refractivity contribution in [2.45, 2.75) is 131 Å². The Morgan fingerprint density at radius 1 is 0.344 bits per heavy atom. The minimum absolute atomic E-state index is 1.08. The molecule has 0 aromatic carbocycles. The monoisotopic (exact) mass is 449 g/mol. The van der Waals surface area contributed by atoms with Crippen molar-refractivity contribution in [2.75, 3.05) is 0 Å². The molecule has 0 unspecified atom stereocenters. The molecule has 0 N–H and O–H groups in total. The second kappa shape index (κ2) is 70.0. The summed E-state index contributed by atoms with van der Waals surface area (Å²) in [7, 11) is 0. The number of hydrogen-bond donors (Lipinski definition) is 0. The van der Waals surface area contributed by atoms with Crippen LogP contribution in [0.5, 0.6) is 0 Å². The van der Waals surface area contributed by atoms with Crippen molar-refractivity contribution >= 4 is 0 Å². The Bertz CT molecular complexity index is 252. The molecule has 0 rings (SSSR count). The van der Waals surface area contributed by atoms with E-state index in [1.165, 1.54) is 77.0 Å². The molecule has 0 fully saturated rings. The molecule has 0 saturated heterocycles. The van der Waals surface area contributed by atoms with E-state index in [0.717, 1.165) is 12.8 Å². The fraction of sp³-hybridized carbons (Fsp3) is 0.625. The topological polar surface area (TPSA) is 0 Å². The van der Waals surface area contributed by atoms with Gasteiger partial charge in [0.25, 0.3) is 0 Å². The lowest BCUT2D eigenvalue weighted by molar-refractivity contribution is 0.816. The van der Waals surface area contributed by atoms with Gasteiger partial charge in [-0.15, -0.1) is 39.5 Å². The Labute approximate surface area is 207 Å². The smallest absolute Gasteiger partial charge is 0.0354 e. The zero-order valence-electron chi connectivity index (χ0n) is 23.6. The summed E-state index contributed by atoms with van der Waals surface area (Å²) in [5.74, 6) is 0. The molecule has 0 atom stereocenters. The van der Waals surface area contributed by atoms with Crippen LogP contribution in [-0.4, -0.2) is 0 Å². The molecular weight excluding hydrogens is 384 g/mol. The van der Waals surface area contributed by atoms with Crippen LogP contribution in [0.4, 0.5) is 0 Å². The average Bonchev–Trinajstić information content (AvgIpc) is 2.85. The number of rotatable bonds is 14. The summed E-state index contributed by atoms with van der Waals surface area (Å²) in [6.45, 7) is 34.2. The maximum atomic E-state index is 3.60. The molecule has 192 valence electrons. The summed E-state index contributed by atoms with van der Waals surface area (Å²) in [6.07, 6.45) is 28.8. The molecule has 0 aromatic rings. The predicted molar refractivity (Wildman–Crippen MR) is 160 cm³/mol. The SMILES string of the molecule is C=CCC.C=CCC.C=CCCCC.C=CCCCC.C=CCCCC.C=CCCCC. The maximum Gasteiger partial charge on any atom is -0.0354 e. The highest BCUT2D eigenvalue weighted by atomic mass is 13.8. The van der Waals surface area contributed by atoms with E-state index in [9.17, 15) is 0 Å².